The monoisotopic (exact) mass is 334 g/mol. The average molecular weight is 335 g/mol. The van der Waals surface area contributed by atoms with E-state index in [1.807, 2.05) is 25.1 Å². The number of aromatic amines is 1. The minimum Gasteiger partial charge on any atom is -0.368 e. The smallest absolute Gasteiger partial charge is 0.241 e. The van der Waals surface area contributed by atoms with E-state index in [1.165, 1.54) is 0 Å². The summed E-state index contributed by atoms with van der Waals surface area (Å²) in [5, 5.41) is 4.66. The molecular weight excluding hydrogens is 316 g/mol. The summed E-state index contributed by atoms with van der Waals surface area (Å²) in [6.45, 7) is 3.47. The second-order valence-corrected chi connectivity index (χ2v) is 6.24. The number of rotatable bonds is 3. The van der Waals surface area contributed by atoms with Crippen molar-refractivity contribution in [3.63, 3.8) is 0 Å². The molecule has 1 aliphatic rings. The molecule has 2 heterocycles. The molecule has 0 bridgehead atoms. The highest BCUT2D eigenvalue weighted by Crippen LogP contribution is 2.26. The number of piperazine rings is 1. The number of halogens is 1. The van der Waals surface area contributed by atoms with Gasteiger partial charge in [0.2, 0.25) is 11.8 Å². The molecule has 3 rings (SSSR count). The highest BCUT2D eigenvalue weighted by molar-refractivity contribution is 6.31. The van der Waals surface area contributed by atoms with Gasteiger partial charge in [-0.15, -0.1) is 0 Å². The third-order valence-corrected chi connectivity index (χ3v) is 4.54. The highest BCUT2D eigenvalue weighted by Gasteiger charge is 2.31. The second kappa shape index (κ2) is 6.22. The number of benzene rings is 1. The second-order valence-electron chi connectivity index (χ2n) is 5.80. The van der Waals surface area contributed by atoms with Crippen LogP contribution < -0.4 is 11.1 Å². The first-order chi connectivity index (χ1) is 11.0. The van der Waals surface area contributed by atoms with E-state index in [0.29, 0.717) is 24.7 Å². The number of aromatic nitrogens is 1. The van der Waals surface area contributed by atoms with Crippen molar-refractivity contribution < 1.29 is 9.59 Å². The molecule has 1 saturated heterocycles. The quantitative estimate of drug-likeness (QED) is 0.780. The van der Waals surface area contributed by atoms with E-state index in [4.69, 9.17) is 17.3 Å². The largest absolute Gasteiger partial charge is 0.368 e. The molecule has 2 aromatic rings. The molecule has 122 valence electrons. The summed E-state index contributed by atoms with van der Waals surface area (Å²) in [5.74, 6) is -0.580. The van der Waals surface area contributed by atoms with Crippen molar-refractivity contribution in [3.8, 4) is 0 Å². The summed E-state index contributed by atoms with van der Waals surface area (Å²) in [4.78, 5) is 29.1. The van der Waals surface area contributed by atoms with Crippen molar-refractivity contribution in [1.82, 2.24) is 15.2 Å². The third kappa shape index (κ3) is 3.04. The lowest BCUT2D eigenvalue weighted by Crippen LogP contribution is -2.59. The number of fused-ring (bicyclic) bond motifs is 1. The van der Waals surface area contributed by atoms with Gasteiger partial charge in [0.1, 0.15) is 6.04 Å². The Kier molecular flexibility index (Phi) is 4.28. The highest BCUT2D eigenvalue weighted by atomic mass is 35.5. The van der Waals surface area contributed by atoms with Crippen molar-refractivity contribution in [2.75, 3.05) is 19.6 Å². The zero-order chi connectivity index (χ0) is 16.6. The minimum atomic E-state index is -0.592. The van der Waals surface area contributed by atoms with Crippen molar-refractivity contribution in [2.45, 2.75) is 19.4 Å². The van der Waals surface area contributed by atoms with E-state index in [9.17, 15) is 9.59 Å². The molecule has 23 heavy (non-hydrogen) atoms. The van der Waals surface area contributed by atoms with Crippen LogP contribution in [0.25, 0.3) is 10.9 Å². The van der Waals surface area contributed by atoms with Crippen LogP contribution in [0.5, 0.6) is 0 Å². The zero-order valence-corrected chi connectivity index (χ0v) is 13.6. The maximum Gasteiger partial charge on any atom is 0.241 e. The summed E-state index contributed by atoms with van der Waals surface area (Å²) < 4.78 is 0. The number of carbonyl (C=O) groups excluding carboxylic acids is 2. The van der Waals surface area contributed by atoms with Crippen molar-refractivity contribution in [3.05, 3.63) is 34.5 Å². The number of H-pyrrole nitrogens is 1. The van der Waals surface area contributed by atoms with Gasteiger partial charge in [-0.25, -0.2) is 0 Å². The lowest BCUT2D eigenvalue weighted by atomic mass is 10.1. The minimum absolute atomic E-state index is 0.0979. The number of amides is 2. The van der Waals surface area contributed by atoms with E-state index >= 15 is 0 Å². The zero-order valence-electron chi connectivity index (χ0n) is 12.9. The van der Waals surface area contributed by atoms with E-state index < -0.39 is 11.9 Å². The van der Waals surface area contributed by atoms with Crippen molar-refractivity contribution >= 4 is 34.3 Å². The summed E-state index contributed by atoms with van der Waals surface area (Å²) in [6, 6.07) is 4.97. The Morgan fingerprint density at radius 2 is 2.22 bits per heavy atom. The van der Waals surface area contributed by atoms with Gasteiger partial charge in [0.25, 0.3) is 0 Å². The van der Waals surface area contributed by atoms with Gasteiger partial charge in [0.05, 0.1) is 6.42 Å². The third-order valence-electron chi connectivity index (χ3n) is 4.30. The Morgan fingerprint density at radius 3 is 2.96 bits per heavy atom. The van der Waals surface area contributed by atoms with Crippen molar-refractivity contribution in [1.29, 1.82) is 0 Å². The Balaban J connectivity index is 1.89. The summed E-state index contributed by atoms with van der Waals surface area (Å²) >= 11 is 6.07. The van der Waals surface area contributed by atoms with Crippen LogP contribution in [-0.2, 0) is 16.0 Å². The molecule has 6 nitrogen and oxygen atoms in total. The normalized spacial score (nSPS) is 18.3. The number of nitrogens with zero attached hydrogens (tertiary/aromatic N) is 1. The predicted octanol–water partition coefficient (Wildman–Crippen LogP) is 0.958. The van der Waals surface area contributed by atoms with Crippen LogP contribution in [0.4, 0.5) is 0 Å². The number of hydrogen-bond donors (Lipinski definition) is 3. The fourth-order valence-electron chi connectivity index (χ4n) is 3.09. The van der Waals surface area contributed by atoms with E-state index in [2.05, 4.69) is 10.3 Å². The van der Waals surface area contributed by atoms with Gasteiger partial charge in [0, 0.05) is 41.3 Å². The topological polar surface area (TPSA) is 91.2 Å². The standard InChI is InChI=1S/C16H19ClN4O2/c1-9-11(12-6-10(17)2-3-13(12)20-9)7-15(22)21-5-4-19-8-14(21)16(18)23/h2-3,6,14,19-20H,4-5,7-8H2,1H3,(H2,18,23)/t14-/m0/s1. The maximum atomic E-state index is 12.7. The Labute approximate surface area is 139 Å². The van der Waals surface area contributed by atoms with Crippen molar-refractivity contribution in [2.24, 2.45) is 5.73 Å². The lowest BCUT2D eigenvalue weighted by molar-refractivity contribution is -0.139. The van der Waals surface area contributed by atoms with Gasteiger partial charge in [-0.2, -0.15) is 0 Å². The molecule has 0 spiro atoms. The van der Waals surface area contributed by atoms with Gasteiger partial charge >= 0.3 is 0 Å². The Hall–Kier alpha value is -2.05. The molecule has 1 aromatic carbocycles. The molecule has 0 aliphatic carbocycles. The molecular formula is C16H19ClN4O2. The van der Waals surface area contributed by atoms with Crippen LogP contribution >= 0.6 is 11.6 Å². The Morgan fingerprint density at radius 1 is 1.43 bits per heavy atom. The SMILES string of the molecule is Cc1[nH]c2ccc(Cl)cc2c1CC(=O)N1CCNC[C@H]1C(N)=O. The first-order valence-corrected chi connectivity index (χ1v) is 7.91. The van der Waals surface area contributed by atoms with Gasteiger partial charge in [-0.1, -0.05) is 11.6 Å². The van der Waals surface area contributed by atoms with Crippen LogP contribution in [0.15, 0.2) is 18.2 Å². The van der Waals surface area contributed by atoms with Crippen LogP contribution in [0.1, 0.15) is 11.3 Å². The molecule has 1 fully saturated rings. The summed E-state index contributed by atoms with van der Waals surface area (Å²) in [7, 11) is 0. The number of nitrogens with two attached hydrogens (primary N) is 1. The number of nitrogens with one attached hydrogen (secondary N) is 2. The molecule has 2 amide bonds. The number of hydrogen-bond acceptors (Lipinski definition) is 3. The number of primary amides is 1. The van der Waals surface area contributed by atoms with Crippen LogP contribution in [-0.4, -0.2) is 47.4 Å². The van der Waals surface area contributed by atoms with E-state index in [1.54, 1.807) is 4.90 Å². The number of carbonyl (C=O) groups is 2. The first kappa shape index (κ1) is 15.8. The van der Waals surface area contributed by atoms with E-state index in [-0.39, 0.29) is 12.3 Å². The molecule has 0 unspecified atom stereocenters. The predicted molar refractivity (Wildman–Crippen MR) is 89.3 cm³/mol. The van der Waals surface area contributed by atoms with Crippen LogP contribution in [0.2, 0.25) is 5.02 Å². The average Bonchev–Trinajstić information content (AvgIpc) is 2.83. The van der Waals surface area contributed by atoms with Gasteiger partial charge in [-0.05, 0) is 30.7 Å². The van der Waals surface area contributed by atoms with Gasteiger partial charge in [-0.3, -0.25) is 9.59 Å². The fraction of sp³-hybridized carbons (Fsp3) is 0.375. The molecule has 4 N–H and O–H groups in total. The number of aryl methyl sites for hydroxylation is 1. The van der Waals surface area contributed by atoms with Gasteiger partial charge < -0.3 is 20.9 Å². The summed E-state index contributed by atoms with van der Waals surface area (Å²) in [6.07, 6.45) is 0.218. The summed E-state index contributed by atoms with van der Waals surface area (Å²) in [5.41, 5.74) is 8.20. The first-order valence-electron chi connectivity index (χ1n) is 7.53. The van der Waals surface area contributed by atoms with Gasteiger partial charge in [0.15, 0.2) is 0 Å². The molecule has 1 atom stereocenters. The molecule has 0 radical (unpaired) electrons. The fourth-order valence-corrected chi connectivity index (χ4v) is 3.26. The lowest BCUT2D eigenvalue weighted by Gasteiger charge is -2.34. The maximum absolute atomic E-state index is 12.7. The molecule has 0 saturated carbocycles. The molecule has 1 aliphatic heterocycles. The van der Waals surface area contributed by atoms with Crippen LogP contribution in [0.3, 0.4) is 0 Å². The Bertz CT molecular complexity index is 771. The molecule has 7 heteroatoms. The molecule has 1 aromatic heterocycles. The van der Waals surface area contributed by atoms with E-state index in [0.717, 1.165) is 22.2 Å². The van der Waals surface area contributed by atoms with Crippen LogP contribution in [0, 0.1) is 6.92 Å².